The van der Waals surface area contributed by atoms with Crippen LogP contribution in [0.25, 0.3) is 0 Å². The number of rotatable bonds is 6. The van der Waals surface area contributed by atoms with Crippen LogP contribution >= 0.6 is 11.8 Å². The van der Waals surface area contributed by atoms with Gasteiger partial charge in [-0.3, -0.25) is 9.36 Å². The normalized spacial score (nSPS) is 15.2. The highest BCUT2D eigenvalue weighted by atomic mass is 32.2. The molecule has 0 aromatic carbocycles. The van der Waals surface area contributed by atoms with E-state index in [1.165, 1.54) is 24.6 Å². The number of nitrogens with zero attached hydrogens (tertiary/aromatic N) is 3. The van der Waals surface area contributed by atoms with Crippen LogP contribution in [-0.4, -0.2) is 26.3 Å². The molecular weight excluding hydrogens is 298 g/mol. The van der Waals surface area contributed by atoms with Gasteiger partial charge in [0, 0.05) is 11.3 Å². The van der Waals surface area contributed by atoms with E-state index in [0.717, 1.165) is 16.7 Å². The Kier molecular flexibility index (Phi) is 4.12. The monoisotopic (exact) mass is 319 g/mol. The largest absolute Gasteiger partial charge is 0.467 e. The van der Waals surface area contributed by atoms with E-state index in [1.54, 1.807) is 6.26 Å². The van der Waals surface area contributed by atoms with Crippen LogP contribution in [0.3, 0.4) is 0 Å². The molecule has 5 nitrogen and oxygen atoms in total. The molecule has 1 aliphatic carbocycles. The Hall–Kier alpha value is -1.56. The van der Waals surface area contributed by atoms with E-state index in [0.29, 0.717) is 18.2 Å². The molecule has 22 heavy (non-hydrogen) atoms. The van der Waals surface area contributed by atoms with E-state index < -0.39 is 0 Å². The van der Waals surface area contributed by atoms with Gasteiger partial charge in [-0.25, -0.2) is 0 Å². The molecule has 118 valence electrons. The maximum absolute atomic E-state index is 12.1. The molecule has 2 heterocycles. The molecule has 1 saturated carbocycles. The third kappa shape index (κ3) is 3.43. The fourth-order valence-corrected chi connectivity index (χ4v) is 3.21. The smallest absolute Gasteiger partial charge is 0.192 e. The Morgan fingerprint density at radius 2 is 2.18 bits per heavy atom. The first kappa shape index (κ1) is 15.3. The maximum Gasteiger partial charge on any atom is 0.192 e. The fraction of sp³-hybridized carbons (Fsp3) is 0.562. The van der Waals surface area contributed by atoms with Crippen molar-refractivity contribution in [2.24, 2.45) is 5.41 Å². The lowest BCUT2D eigenvalue weighted by atomic mass is 9.92. The van der Waals surface area contributed by atoms with Gasteiger partial charge in [0.15, 0.2) is 5.16 Å². The first-order valence-corrected chi connectivity index (χ1v) is 8.55. The maximum atomic E-state index is 12.1. The predicted molar refractivity (Wildman–Crippen MR) is 85.0 cm³/mol. The third-order valence-electron chi connectivity index (χ3n) is 3.75. The Morgan fingerprint density at radius 3 is 2.77 bits per heavy atom. The lowest BCUT2D eigenvalue weighted by Gasteiger charge is -2.16. The number of thioether (sulfide) groups is 1. The second-order valence-electron chi connectivity index (χ2n) is 6.74. The van der Waals surface area contributed by atoms with Gasteiger partial charge in [-0.05, 0) is 25.0 Å². The van der Waals surface area contributed by atoms with E-state index in [-0.39, 0.29) is 11.2 Å². The fourth-order valence-electron chi connectivity index (χ4n) is 2.10. The van der Waals surface area contributed by atoms with Gasteiger partial charge in [0.2, 0.25) is 0 Å². The highest BCUT2D eigenvalue weighted by Crippen LogP contribution is 2.40. The highest BCUT2D eigenvalue weighted by molar-refractivity contribution is 7.99. The summed E-state index contributed by atoms with van der Waals surface area (Å²) < 4.78 is 7.54. The first-order valence-electron chi connectivity index (χ1n) is 7.57. The summed E-state index contributed by atoms with van der Waals surface area (Å²) in [6.45, 7) is 6.45. The van der Waals surface area contributed by atoms with Crippen molar-refractivity contribution in [1.29, 1.82) is 0 Å². The number of carbonyl (C=O) groups is 1. The van der Waals surface area contributed by atoms with E-state index in [1.807, 2.05) is 32.9 Å². The van der Waals surface area contributed by atoms with E-state index in [4.69, 9.17) is 4.42 Å². The summed E-state index contributed by atoms with van der Waals surface area (Å²) in [6.07, 6.45) is 4.01. The summed E-state index contributed by atoms with van der Waals surface area (Å²) in [5.41, 5.74) is -0.321. The molecule has 0 unspecified atom stereocenters. The predicted octanol–water partition coefficient (Wildman–Crippen LogP) is 3.50. The molecule has 2 aromatic rings. The zero-order valence-corrected chi connectivity index (χ0v) is 14.0. The molecule has 0 saturated heterocycles. The van der Waals surface area contributed by atoms with Crippen molar-refractivity contribution in [1.82, 2.24) is 14.8 Å². The quantitative estimate of drug-likeness (QED) is 0.763. The average Bonchev–Trinajstić information content (AvgIpc) is 3.02. The molecular formula is C16H21N3O2S. The van der Waals surface area contributed by atoms with Crippen LogP contribution in [0.5, 0.6) is 0 Å². The van der Waals surface area contributed by atoms with Gasteiger partial charge in [0.25, 0.3) is 0 Å². The number of furan rings is 1. The van der Waals surface area contributed by atoms with Crippen LogP contribution in [-0.2, 0) is 11.3 Å². The van der Waals surface area contributed by atoms with E-state index >= 15 is 0 Å². The van der Waals surface area contributed by atoms with Gasteiger partial charge in [-0.1, -0.05) is 32.5 Å². The molecule has 0 atom stereocenters. The summed E-state index contributed by atoms with van der Waals surface area (Å²) in [7, 11) is 0. The summed E-state index contributed by atoms with van der Waals surface area (Å²) in [6, 6.07) is 3.83. The Balaban J connectivity index is 1.77. The summed E-state index contributed by atoms with van der Waals surface area (Å²) in [5, 5.41) is 9.43. The second kappa shape index (κ2) is 5.91. The summed E-state index contributed by atoms with van der Waals surface area (Å²) in [4.78, 5) is 12.1. The van der Waals surface area contributed by atoms with Gasteiger partial charge >= 0.3 is 0 Å². The van der Waals surface area contributed by atoms with Crippen molar-refractivity contribution in [3.63, 3.8) is 0 Å². The number of carbonyl (C=O) groups excluding carboxylic acids is 1. The van der Waals surface area contributed by atoms with Gasteiger partial charge in [-0.2, -0.15) is 0 Å². The van der Waals surface area contributed by atoms with Crippen LogP contribution in [0.15, 0.2) is 28.0 Å². The lowest BCUT2D eigenvalue weighted by Crippen LogP contribution is -2.22. The minimum atomic E-state index is -0.321. The lowest BCUT2D eigenvalue weighted by molar-refractivity contribution is -0.123. The number of hydrogen-bond acceptors (Lipinski definition) is 5. The van der Waals surface area contributed by atoms with Gasteiger partial charge in [0.05, 0.1) is 18.6 Å². The molecule has 0 spiro atoms. The molecule has 6 heteroatoms. The Morgan fingerprint density at radius 1 is 1.41 bits per heavy atom. The molecule has 0 radical (unpaired) electrons. The van der Waals surface area contributed by atoms with Gasteiger partial charge < -0.3 is 4.42 Å². The van der Waals surface area contributed by atoms with Crippen LogP contribution < -0.4 is 0 Å². The first-order chi connectivity index (χ1) is 10.4. The summed E-state index contributed by atoms with van der Waals surface area (Å²) >= 11 is 1.47. The van der Waals surface area contributed by atoms with Crippen molar-refractivity contribution in [2.75, 3.05) is 5.75 Å². The number of ketones is 1. The standard InChI is InChI=1S/C16H21N3O2S/c1-16(2,3)13(20)10-22-15-18-17-14(11-6-7-11)19(15)9-12-5-4-8-21-12/h4-5,8,11H,6-7,9-10H2,1-3H3. The number of aromatic nitrogens is 3. The van der Waals surface area contributed by atoms with Crippen LogP contribution in [0.4, 0.5) is 0 Å². The Bertz CT molecular complexity index is 651. The SMILES string of the molecule is CC(C)(C)C(=O)CSc1nnc(C2CC2)n1Cc1ccco1. The highest BCUT2D eigenvalue weighted by Gasteiger charge is 2.31. The van der Waals surface area contributed by atoms with E-state index in [9.17, 15) is 4.79 Å². The Labute approximate surface area is 134 Å². The van der Waals surface area contributed by atoms with Crippen molar-refractivity contribution < 1.29 is 9.21 Å². The van der Waals surface area contributed by atoms with Crippen molar-refractivity contribution in [2.45, 2.75) is 51.2 Å². The zero-order chi connectivity index (χ0) is 15.7. The van der Waals surface area contributed by atoms with Crippen molar-refractivity contribution in [3.05, 3.63) is 30.0 Å². The molecule has 0 N–H and O–H groups in total. The minimum absolute atomic E-state index is 0.220. The topological polar surface area (TPSA) is 60.9 Å². The molecule has 1 aliphatic rings. The van der Waals surface area contributed by atoms with Crippen LogP contribution in [0.2, 0.25) is 0 Å². The van der Waals surface area contributed by atoms with Crippen LogP contribution in [0.1, 0.15) is 51.1 Å². The molecule has 2 aromatic heterocycles. The third-order valence-corrected chi connectivity index (χ3v) is 4.72. The van der Waals surface area contributed by atoms with E-state index in [2.05, 4.69) is 14.8 Å². The van der Waals surface area contributed by atoms with Crippen molar-refractivity contribution >= 4 is 17.5 Å². The molecule has 1 fully saturated rings. The second-order valence-corrected chi connectivity index (χ2v) is 7.68. The van der Waals surface area contributed by atoms with Crippen molar-refractivity contribution in [3.8, 4) is 0 Å². The summed E-state index contributed by atoms with van der Waals surface area (Å²) in [5.74, 6) is 3.05. The molecule has 0 aliphatic heterocycles. The zero-order valence-electron chi connectivity index (χ0n) is 13.2. The molecule has 0 amide bonds. The van der Waals surface area contributed by atoms with Crippen LogP contribution in [0, 0.1) is 5.41 Å². The van der Waals surface area contributed by atoms with Gasteiger partial charge in [0.1, 0.15) is 17.4 Å². The number of hydrogen-bond donors (Lipinski definition) is 0. The minimum Gasteiger partial charge on any atom is -0.467 e. The average molecular weight is 319 g/mol. The molecule has 3 rings (SSSR count). The van der Waals surface area contributed by atoms with Gasteiger partial charge in [-0.15, -0.1) is 10.2 Å². The molecule has 0 bridgehead atoms. The number of Topliss-reactive ketones (excluding diaryl/α,β-unsaturated/α-hetero) is 1.